The second kappa shape index (κ2) is 11.6. The summed E-state index contributed by atoms with van der Waals surface area (Å²) in [6.07, 6.45) is 3.82. The number of nitrogens with zero attached hydrogens (tertiary/aromatic N) is 1. The van der Waals surface area contributed by atoms with Gasteiger partial charge < -0.3 is 5.73 Å². The maximum Gasteiger partial charge on any atom is 0.281 e. The van der Waals surface area contributed by atoms with Gasteiger partial charge in [-0.1, -0.05) is 55.8 Å². The van der Waals surface area contributed by atoms with E-state index in [0.717, 1.165) is 28.0 Å². The molecule has 0 bridgehead atoms. The average molecular weight is 419 g/mol. The predicted molar refractivity (Wildman–Crippen MR) is 122 cm³/mol. The first-order valence-corrected chi connectivity index (χ1v) is 10.4. The summed E-state index contributed by atoms with van der Waals surface area (Å²) >= 11 is 7.79. The van der Waals surface area contributed by atoms with E-state index in [4.69, 9.17) is 11.6 Å². The lowest BCUT2D eigenvalue weighted by atomic mass is 9.97. The number of rotatable bonds is 6. The summed E-state index contributed by atoms with van der Waals surface area (Å²) in [5, 5.41) is 5.81. The molecule has 2 rings (SSSR count). The fourth-order valence-corrected chi connectivity index (χ4v) is 3.12. The maximum absolute atomic E-state index is 11.5. The molecule has 1 aromatic heterocycles. The van der Waals surface area contributed by atoms with Crippen molar-refractivity contribution < 1.29 is 10.5 Å². The Morgan fingerprint density at radius 2 is 2.00 bits per heavy atom. The summed E-state index contributed by atoms with van der Waals surface area (Å²) in [6.45, 7) is 14.4. The lowest BCUT2D eigenvalue weighted by Gasteiger charge is -2.10. The van der Waals surface area contributed by atoms with Crippen LogP contribution in [0.3, 0.4) is 0 Å². The summed E-state index contributed by atoms with van der Waals surface area (Å²) in [4.78, 5) is 15.9. The number of benzene rings is 1. The van der Waals surface area contributed by atoms with Gasteiger partial charge in [-0.2, -0.15) is 0 Å². The molecule has 0 saturated heterocycles. The van der Waals surface area contributed by atoms with Crippen LogP contribution in [0.15, 0.2) is 52.9 Å². The fraction of sp³-hybridized carbons (Fsp3) is 0.273. The highest BCUT2D eigenvalue weighted by atomic mass is 35.5. The number of halogens is 1. The summed E-state index contributed by atoms with van der Waals surface area (Å²) in [7, 11) is 0. The van der Waals surface area contributed by atoms with Crippen LogP contribution in [0.2, 0.25) is 0 Å². The first-order valence-electron chi connectivity index (χ1n) is 9.17. The van der Waals surface area contributed by atoms with Crippen molar-refractivity contribution in [3.05, 3.63) is 64.0 Å². The van der Waals surface area contributed by atoms with Crippen LogP contribution in [-0.2, 0) is 4.79 Å². The van der Waals surface area contributed by atoms with Gasteiger partial charge in [0.25, 0.3) is 5.91 Å². The third-order valence-corrected chi connectivity index (χ3v) is 4.80. The number of amides is 1. The fourth-order valence-electron chi connectivity index (χ4n) is 2.22. The summed E-state index contributed by atoms with van der Waals surface area (Å²) < 4.78 is 0. The molecule has 0 aliphatic heterocycles. The number of anilines is 1. The SMILES string of the molecule is C=C(/C(Cl)=C\C=C(C)C)c1cc(-c2csc(NC(=O)C[NH3+])n2)ccc1C.CC. The number of thiazole rings is 1. The van der Waals surface area contributed by atoms with E-state index >= 15 is 0 Å². The van der Waals surface area contributed by atoms with Crippen molar-refractivity contribution >= 4 is 39.5 Å². The van der Waals surface area contributed by atoms with Crippen molar-refractivity contribution in [1.82, 2.24) is 4.98 Å². The van der Waals surface area contributed by atoms with E-state index in [-0.39, 0.29) is 12.5 Å². The van der Waals surface area contributed by atoms with Gasteiger partial charge in [-0.05, 0) is 49.6 Å². The Hall–Kier alpha value is -2.21. The molecular weight excluding hydrogens is 390 g/mol. The van der Waals surface area contributed by atoms with Crippen LogP contribution >= 0.6 is 22.9 Å². The van der Waals surface area contributed by atoms with Gasteiger partial charge in [0.05, 0.1) is 5.69 Å². The van der Waals surface area contributed by atoms with Crippen molar-refractivity contribution in [2.45, 2.75) is 34.6 Å². The van der Waals surface area contributed by atoms with E-state index in [1.807, 2.05) is 70.3 Å². The van der Waals surface area contributed by atoms with E-state index in [1.54, 1.807) is 0 Å². The van der Waals surface area contributed by atoms with E-state index in [0.29, 0.717) is 10.2 Å². The minimum absolute atomic E-state index is 0.153. The minimum Gasteiger partial charge on any atom is -0.350 e. The van der Waals surface area contributed by atoms with Crippen LogP contribution in [0.4, 0.5) is 5.13 Å². The first kappa shape index (κ1) is 23.8. The Bertz CT molecular complexity index is 893. The molecule has 4 nitrogen and oxygen atoms in total. The van der Waals surface area contributed by atoms with Gasteiger partial charge in [-0.3, -0.25) is 10.1 Å². The molecular formula is C22H29ClN3OS+. The zero-order chi connectivity index (χ0) is 21.3. The van der Waals surface area contributed by atoms with E-state index < -0.39 is 0 Å². The smallest absolute Gasteiger partial charge is 0.281 e. The Morgan fingerprint density at radius 3 is 2.61 bits per heavy atom. The number of nitrogens with one attached hydrogen (secondary N) is 1. The predicted octanol–water partition coefficient (Wildman–Crippen LogP) is 5.43. The second-order valence-corrected chi connectivity index (χ2v) is 7.37. The molecule has 0 fully saturated rings. The van der Waals surface area contributed by atoms with Crippen molar-refractivity contribution in [2.75, 3.05) is 11.9 Å². The Kier molecular flexibility index (Phi) is 9.87. The van der Waals surface area contributed by atoms with Gasteiger partial charge in [0.2, 0.25) is 0 Å². The molecule has 0 aliphatic carbocycles. The highest BCUT2D eigenvalue weighted by molar-refractivity contribution is 7.14. The van der Waals surface area contributed by atoms with Gasteiger partial charge >= 0.3 is 0 Å². The molecule has 0 saturated carbocycles. The third kappa shape index (κ3) is 6.75. The zero-order valence-electron chi connectivity index (χ0n) is 17.2. The van der Waals surface area contributed by atoms with Crippen molar-refractivity contribution in [3.8, 4) is 11.3 Å². The van der Waals surface area contributed by atoms with E-state index in [2.05, 4.69) is 22.6 Å². The van der Waals surface area contributed by atoms with Gasteiger partial charge in [-0.25, -0.2) is 4.98 Å². The Balaban J connectivity index is 0.00000190. The number of aromatic nitrogens is 1. The van der Waals surface area contributed by atoms with Gasteiger partial charge in [0.1, 0.15) is 0 Å². The highest BCUT2D eigenvalue weighted by Gasteiger charge is 2.12. The molecule has 6 heteroatoms. The number of hydrogen-bond donors (Lipinski definition) is 2. The molecule has 150 valence electrons. The monoisotopic (exact) mass is 418 g/mol. The van der Waals surface area contributed by atoms with Gasteiger partial charge in [0.15, 0.2) is 11.7 Å². The molecule has 28 heavy (non-hydrogen) atoms. The topological polar surface area (TPSA) is 69.6 Å². The molecule has 2 aromatic rings. The van der Waals surface area contributed by atoms with Crippen molar-refractivity contribution in [1.29, 1.82) is 0 Å². The molecule has 1 aromatic carbocycles. The number of carbonyl (C=O) groups excluding carboxylic acids is 1. The molecule has 0 radical (unpaired) electrons. The summed E-state index contributed by atoms with van der Waals surface area (Å²) in [5.74, 6) is -0.153. The Morgan fingerprint density at radius 1 is 1.32 bits per heavy atom. The standard InChI is InChI=1S/C20H22ClN3OS.C2H6/c1-12(2)5-8-17(21)14(4)16-9-15(7-6-13(16)3)18-11-26-20(23-18)24-19(25)10-22;1-2/h5-9,11H,4,10,22H2,1-3H3,(H,23,24,25);1-2H3/p+1/b17-8+;. The summed E-state index contributed by atoms with van der Waals surface area (Å²) in [5.41, 5.74) is 9.31. The Labute approximate surface area is 176 Å². The lowest BCUT2D eigenvalue weighted by Crippen LogP contribution is -2.55. The maximum atomic E-state index is 11.5. The molecule has 1 heterocycles. The first-order chi connectivity index (χ1) is 13.3. The van der Waals surface area contributed by atoms with Crippen molar-refractivity contribution in [2.24, 2.45) is 0 Å². The summed E-state index contributed by atoms with van der Waals surface area (Å²) in [6, 6.07) is 6.05. The number of hydrogen-bond acceptors (Lipinski definition) is 3. The van der Waals surface area contributed by atoms with Crippen molar-refractivity contribution in [3.63, 3.8) is 0 Å². The average Bonchev–Trinajstić information content (AvgIpc) is 3.15. The van der Waals surface area contributed by atoms with Crippen LogP contribution in [0.25, 0.3) is 16.8 Å². The van der Waals surface area contributed by atoms with Crippen LogP contribution in [-0.4, -0.2) is 17.4 Å². The molecule has 1 amide bonds. The lowest BCUT2D eigenvalue weighted by molar-refractivity contribution is -0.353. The van der Waals surface area contributed by atoms with E-state index in [9.17, 15) is 4.79 Å². The second-order valence-electron chi connectivity index (χ2n) is 6.10. The van der Waals surface area contributed by atoms with E-state index in [1.165, 1.54) is 16.9 Å². The third-order valence-electron chi connectivity index (χ3n) is 3.69. The number of quaternary nitrogens is 1. The van der Waals surface area contributed by atoms with Crippen LogP contribution < -0.4 is 11.1 Å². The number of aryl methyl sites for hydroxylation is 1. The number of allylic oxidation sites excluding steroid dienone is 5. The quantitative estimate of drug-likeness (QED) is 0.614. The molecule has 0 spiro atoms. The number of carbonyl (C=O) groups is 1. The van der Waals surface area contributed by atoms with Crippen LogP contribution in [0.1, 0.15) is 38.8 Å². The van der Waals surface area contributed by atoms with Crippen LogP contribution in [0, 0.1) is 6.92 Å². The molecule has 0 unspecified atom stereocenters. The zero-order valence-corrected chi connectivity index (χ0v) is 18.8. The van der Waals surface area contributed by atoms with Crippen LogP contribution in [0.5, 0.6) is 0 Å². The van der Waals surface area contributed by atoms with Gasteiger partial charge in [-0.15, -0.1) is 11.3 Å². The molecule has 0 atom stereocenters. The normalized spacial score (nSPS) is 10.6. The van der Waals surface area contributed by atoms with Gasteiger partial charge in [0, 0.05) is 16.0 Å². The minimum atomic E-state index is -0.153. The largest absolute Gasteiger partial charge is 0.350 e. The highest BCUT2D eigenvalue weighted by Crippen LogP contribution is 2.32. The molecule has 4 N–H and O–H groups in total. The molecule has 0 aliphatic rings.